The highest BCUT2D eigenvalue weighted by molar-refractivity contribution is 7.09. The Morgan fingerprint density at radius 2 is 2.33 bits per heavy atom. The van der Waals surface area contributed by atoms with Gasteiger partial charge in [0.2, 0.25) is 11.8 Å². The van der Waals surface area contributed by atoms with Gasteiger partial charge in [0, 0.05) is 17.5 Å². The van der Waals surface area contributed by atoms with Crippen molar-refractivity contribution >= 4 is 23.2 Å². The summed E-state index contributed by atoms with van der Waals surface area (Å²) in [5.41, 5.74) is 0. The summed E-state index contributed by atoms with van der Waals surface area (Å²) in [5, 5.41) is 5.18. The zero-order valence-electron chi connectivity index (χ0n) is 10.7. The van der Waals surface area contributed by atoms with E-state index in [0.29, 0.717) is 6.54 Å². The van der Waals surface area contributed by atoms with Crippen molar-refractivity contribution in [2.45, 2.75) is 45.3 Å². The predicted octanol–water partition coefficient (Wildman–Crippen LogP) is 1.76. The van der Waals surface area contributed by atoms with E-state index in [9.17, 15) is 9.59 Å². The molecule has 1 aromatic rings. The number of nitrogens with zero attached hydrogens (tertiary/aromatic N) is 1. The van der Waals surface area contributed by atoms with Crippen LogP contribution in [0.5, 0.6) is 0 Å². The van der Waals surface area contributed by atoms with Gasteiger partial charge in [-0.15, -0.1) is 11.3 Å². The lowest BCUT2D eigenvalue weighted by molar-refractivity contribution is -0.141. The van der Waals surface area contributed by atoms with Crippen LogP contribution >= 0.6 is 11.3 Å². The summed E-state index contributed by atoms with van der Waals surface area (Å²) in [5.74, 6) is -0.135. The van der Waals surface area contributed by atoms with Crippen molar-refractivity contribution < 1.29 is 9.59 Å². The van der Waals surface area contributed by atoms with E-state index in [2.05, 4.69) is 5.32 Å². The molecule has 1 aliphatic rings. The van der Waals surface area contributed by atoms with Crippen LogP contribution in [0.15, 0.2) is 17.5 Å². The van der Waals surface area contributed by atoms with E-state index in [0.717, 1.165) is 6.42 Å². The molecule has 0 spiro atoms. The van der Waals surface area contributed by atoms with E-state index >= 15 is 0 Å². The fourth-order valence-corrected chi connectivity index (χ4v) is 2.75. The minimum atomic E-state index is -0.353. The second kappa shape index (κ2) is 5.63. The van der Waals surface area contributed by atoms with Crippen molar-refractivity contribution in [2.75, 3.05) is 0 Å². The molecule has 1 saturated heterocycles. The van der Waals surface area contributed by atoms with Crippen LogP contribution in [0.3, 0.4) is 0 Å². The van der Waals surface area contributed by atoms with Gasteiger partial charge in [-0.3, -0.25) is 14.5 Å². The van der Waals surface area contributed by atoms with Crippen molar-refractivity contribution in [1.29, 1.82) is 0 Å². The number of imide groups is 1. The van der Waals surface area contributed by atoms with Crippen molar-refractivity contribution in [3.63, 3.8) is 0 Å². The summed E-state index contributed by atoms with van der Waals surface area (Å²) in [4.78, 5) is 26.5. The van der Waals surface area contributed by atoms with Gasteiger partial charge in [-0.2, -0.15) is 0 Å². The summed E-state index contributed by atoms with van der Waals surface area (Å²) >= 11 is 1.65. The molecule has 4 nitrogen and oxygen atoms in total. The number of rotatable bonds is 5. The quantitative estimate of drug-likeness (QED) is 0.826. The number of nitrogens with one attached hydrogen (secondary N) is 1. The Balaban J connectivity index is 1.95. The van der Waals surface area contributed by atoms with Crippen LogP contribution in [0.1, 0.15) is 31.6 Å². The van der Waals surface area contributed by atoms with Gasteiger partial charge in [0.05, 0.1) is 12.5 Å². The predicted molar refractivity (Wildman–Crippen MR) is 71.2 cm³/mol. The second-order valence-electron chi connectivity index (χ2n) is 4.58. The number of amides is 2. The maximum absolute atomic E-state index is 12.1. The van der Waals surface area contributed by atoms with Gasteiger partial charge in [0.1, 0.15) is 0 Å². The first kappa shape index (κ1) is 13.2. The molecule has 0 radical (unpaired) electrons. The number of carbonyl (C=O) groups excluding carboxylic acids is 2. The molecule has 0 bridgehead atoms. The zero-order valence-corrected chi connectivity index (χ0v) is 11.5. The lowest BCUT2D eigenvalue weighted by Crippen LogP contribution is -2.42. The van der Waals surface area contributed by atoms with Gasteiger partial charge < -0.3 is 5.32 Å². The third-order valence-electron chi connectivity index (χ3n) is 3.32. The van der Waals surface area contributed by atoms with Crippen molar-refractivity contribution in [1.82, 2.24) is 10.2 Å². The maximum Gasteiger partial charge on any atom is 0.247 e. The van der Waals surface area contributed by atoms with E-state index in [4.69, 9.17) is 0 Å². The van der Waals surface area contributed by atoms with Crippen molar-refractivity contribution in [3.8, 4) is 0 Å². The molecule has 2 heterocycles. The van der Waals surface area contributed by atoms with Gasteiger partial charge in [-0.1, -0.05) is 13.0 Å². The van der Waals surface area contributed by atoms with E-state index < -0.39 is 0 Å². The molecular weight excluding hydrogens is 248 g/mol. The molecule has 2 atom stereocenters. The van der Waals surface area contributed by atoms with Crippen molar-refractivity contribution in [2.24, 2.45) is 0 Å². The van der Waals surface area contributed by atoms with Gasteiger partial charge in [-0.05, 0) is 24.8 Å². The number of likely N-dealkylation sites (tertiary alicyclic amines) is 1. The molecule has 2 unspecified atom stereocenters. The number of carbonyl (C=O) groups is 2. The number of hydrogen-bond donors (Lipinski definition) is 1. The molecule has 5 heteroatoms. The van der Waals surface area contributed by atoms with Crippen LogP contribution < -0.4 is 5.32 Å². The molecule has 1 aliphatic heterocycles. The lowest BCUT2D eigenvalue weighted by atomic mass is 10.2. The van der Waals surface area contributed by atoms with Crippen LogP contribution in [0.4, 0.5) is 0 Å². The molecule has 18 heavy (non-hydrogen) atoms. The second-order valence-corrected chi connectivity index (χ2v) is 5.61. The minimum absolute atomic E-state index is 0.00135. The normalized spacial score (nSPS) is 21.7. The molecule has 0 saturated carbocycles. The summed E-state index contributed by atoms with van der Waals surface area (Å²) < 4.78 is 0. The van der Waals surface area contributed by atoms with Crippen LogP contribution in [-0.2, 0) is 16.1 Å². The van der Waals surface area contributed by atoms with Gasteiger partial charge in [-0.25, -0.2) is 0 Å². The molecule has 98 valence electrons. The Labute approximate surface area is 111 Å². The number of thiophene rings is 1. The van der Waals surface area contributed by atoms with E-state index in [1.54, 1.807) is 11.3 Å². The Bertz CT molecular complexity index is 430. The molecule has 2 rings (SSSR count). The maximum atomic E-state index is 12.1. The molecule has 1 fully saturated rings. The Morgan fingerprint density at radius 3 is 2.94 bits per heavy atom. The highest BCUT2D eigenvalue weighted by atomic mass is 32.1. The SMILES string of the molecule is CCC(C)N1C(=O)CC(NCc2cccs2)C1=O. The fourth-order valence-electron chi connectivity index (χ4n) is 2.09. The topological polar surface area (TPSA) is 49.4 Å². The highest BCUT2D eigenvalue weighted by Gasteiger charge is 2.40. The average Bonchev–Trinajstić information content (AvgIpc) is 2.95. The largest absolute Gasteiger partial charge is 0.300 e. The van der Waals surface area contributed by atoms with E-state index in [-0.39, 0.29) is 30.3 Å². The van der Waals surface area contributed by atoms with E-state index in [1.807, 2.05) is 31.4 Å². The zero-order chi connectivity index (χ0) is 13.1. The van der Waals surface area contributed by atoms with E-state index in [1.165, 1.54) is 9.78 Å². The lowest BCUT2D eigenvalue weighted by Gasteiger charge is -2.21. The molecule has 1 aromatic heterocycles. The van der Waals surface area contributed by atoms with Crippen LogP contribution in [0, 0.1) is 0 Å². The van der Waals surface area contributed by atoms with Gasteiger partial charge in [0.15, 0.2) is 0 Å². The summed E-state index contributed by atoms with van der Waals surface area (Å²) in [6.45, 7) is 4.55. The van der Waals surface area contributed by atoms with Gasteiger partial charge >= 0.3 is 0 Å². The van der Waals surface area contributed by atoms with Gasteiger partial charge in [0.25, 0.3) is 0 Å². The molecular formula is C13H18N2O2S. The molecule has 1 N–H and O–H groups in total. The Hall–Kier alpha value is -1.20. The summed E-state index contributed by atoms with van der Waals surface area (Å²) in [7, 11) is 0. The third-order valence-corrected chi connectivity index (χ3v) is 4.19. The molecule has 0 aromatic carbocycles. The average molecular weight is 266 g/mol. The summed E-state index contributed by atoms with van der Waals surface area (Å²) in [6.07, 6.45) is 1.09. The highest BCUT2D eigenvalue weighted by Crippen LogP contribution is 2.18. The first-order chi connectivity index (χ1) is 8.63. The third kappa shape index (κ3) is 2.62. The molecule has 0 aliphatic carbocycles. The van der Waals surface area contributed by atoms with Crippen LogP contribution in [-0.4, -0.2) is 28.8 Å². The smallest absolute Gasteiger partial charge is 0.247 e. The van der Waals surface area contributed by atoms with Crippen molar-refractivity contribution in [3.05, 3.63) is 22.4 Å². The Kier molecular flexibility index (Phi) is 4.14. The Morgan fingerprint density at radius 1 is 1.56 bits per heavy atom. The summed E-state index contributed by atoms with van der Waals surface area (Å²) in [6, 6.07) is 3.65. The fraction of sp³-hybridized carbons (Fsp3) is 0.538. The monoisotopic (exact) mass is 266 g/mol. The molecule has 2 amide bonds. The standard InChI is InChI=1S/C13H18N2O2S/c1-3-9(2)15-12(16)7-11(13(15)17)14-8-10-5-4-6-18-10/h4-6,9,11,14H,3,7-8H2,1-2H3. The first-order valence-corrected chi connectivity index (χ1v) is 7.13. The van der Waals surface area contributed by atoms with Crippen LogP contribution in [0.25, 0.3) is 0 Å². The minimum Gasteiger partial charge on any atom is -0.300 e. The number of hydrogen-bond acceptors (Lipinski definition) is 4. The first-order valence-electron chi connectivity index (χ1n) is 6.25. The van der Waals surface area contributed by atoms with Crippen LogP contribution in [0.2, 0.25) is 0 Å².